The van der Waals surface area contributed by atoms with Gasteiger partial charge in [0.25, 0.3) is 5.91 Å². The van der Waals surface area contributed by atoms with Crippen LogP contribution < -0.4 is 19.3 Å². The van der Waals surface area contributed by atoms with Crippen molar-refractivity contribution < 1.29 is 14.3 Å². The second kappa shape index (κ2) is 8.71. The van der Waals surface area contributed by atoms with E-state index in [-0.39, 0.29) is 5.91 Å². The topological polar surface area (TPSA) is 86.2 Å². The predicted octanol–water partition coefficient (Wildman–Crippen LogP) is 3.34. The molecule has 0 atom stereocenters. The molecular formula is C20H24N4O3SSi. The number of carbonyl (C=O) groups is 1. The van der Waals surface area contributed by atoms with E-state index in [0.717, 1.165) is 10.2 Å². The number of carbonyl (C=O) groups excluding carboxylic acids is 1. The number of nitrogens with one attached hydrogen (secondary N) is 1. The summed E-state index contributed by atoms with van der Waals surface area (Å²) in [5.41, 5.74) is 2.04. The number of nitrogens with zero attached hydrogens (tertiary/aromatic N) is 3. The molecule has 2 heterocycles. The van der Waals surface area contributed by atoms with E-state index in [1.54, 1.807) is 6.07 Å². The van der Waals surface area contributed by atoms with Crippen LogP contribution in [-0.2, 0) is 6.42 Å². The highest BCUT2D eigenvalue weighted by molar-refractivity contribution is 7.23. The van der Waals surface area contributed by atoms with Crippen LogP contribution in [0.3, 0.4) is 0 Å². The van der Waals surface area contributed by atoms with E-state index in [4.69, 9.17) is 9.47 Å². The number of amides is 1. The first kappa shape index (κ1) is 20.9. The molecule has 9 heteroatoms. The normalized spacial score (nSPS) is 11.2. The number of benzene rings is 1. The number of anilines is 1. The van der Waals surface area contributed by atoms with Crippen LogP contribution in [-0.4, -0.2) is 42.5 Å². The third kappa shape index (κ3) is 4.99. The zero-order valence-electron chi connectivity index (χ0n) is 17.1. The van der Waals surface area contributed by atoms with E-state index in [1.165, 1.54) is 25.8 Å². The van der Waals surface area contributed by atoms with Crippen molar-refractivity contribution in [2.75, 3.05) is 19.5 Å². The smallest absolute Gasteiger partial charge is 0.258 e. The van der Waals surface area contributed by atoms with Crippen LogP contribution in [0.25, 0.3) is 0 Å². The molecule has 7 nitrogen and oxygen atoms in total. The maximum atomic E-state index is 13.2. The average molecular weight is 429 g/mol. The Balaban J connectivity index is 1.99. The molecule has 1 aromatic carbocycles. The van der Waals surface area contributed by atoms with E-state index in [0.29, 0.717) is 35.3 Å². The van der Waals surface area contributed by atoms with Gasteiger partial charge in [-0.1, -0.05) is 37.8 Å². The van der Waals surface area contributed by atoms with E-state index in [1.807, 2.05) is 30.3 Å². The zero-order valence-corrected chi connectivity index (χ0v) is 19.0. The highest BCUT2D eigenvalue weighted by Gasteiger charge is 2.30. The molecule has 0 saturated heterocycles. The Bertz CT molecular complexity index is 980. The Morgan fingerprint density at radius 1 is 1.07 bits per heavy atom. The number of hydrogen-bond acceptors (Lipinski definition) is 7. The molecule has 0 spiro atoms. The number of methoxy groups -OCH3 is 2. The Morgan fingerprint density at radius 2 is 1.69 bits per heavy atom. The van der Waals surface area contributed by atoms with Crippen LogP contribution in [0.1, 0.15) is 21.9 Å². The summed E-state index contributed by atoms with van der Waals surface area (Å²) >= 11 is 1.39. The molecule has 0 aliphatic rings. The first-order valence-corrected chi connectivity index (χ1v) is 13.4. The number of ether oxygens (including phenoxy) is 2. The highest BCUT2D eigenvalue weighted by Crippen LogP contribution is 2.21. The summed E-state index contributed by atoms with van der Waals surface area (Å²) in [6.45, 7) is 6.61. The van der Waals surface area contributed by atoms with Gasteiger partial charge in [-0.2, -0.15) is 14.3 Å². The van der Waals surface area contributed by atoms with Gasteiger partial charge in [0.1, 0.15) is 5.82 Å². The number of para-hydroxylation sites is 1. The second-order valence-electron chi connectivity index (χ2n) is 7.45. The lowest BCUT2D eigenvalue weighted by atomic mass is 10.1. The maximum Gasteiger partial charge on any atom is 0.258 e. The summed E-state index contributed by atoms with van der Waals surface area (Å²) in [5, 5.41) is 2.99. The van der Waals surface area contributed by atoms with Crippen molar-refractivity contribution >= 4 is 35.7 Å². The van der Waals surface area contributed by atoms with Crippen LogP contribution in [0.2, 0.25) is 19.6 Å². The van der Waals surface area contributed by atoms with Gasteiger partial charge < -0.3 is 14.8 Å². The van der Waals surface area contributed by atoms with Gasteiger partial charge in [0.05, 0.1) is 46.0 Å². The van der Waals surface area contributed by atoms with Crippen molar-refractivity contribution in [3.63, 3.8) is 0 Å². The van der Waals surface area contributed by atoms with E-state index < -0.39 is 8.07 Å². The minimum absolute atomic E-state index is 0.160. The van der Waals surface area contributed by atoms with Gasteiger partial charge in [0.15, 0.2) is 0 Å². The molecule has 0 fully saturated rings. The monoisotopic (exact) mass is 428 g/mol. The molecular weight excluding hydrogens is 404 g/mol. The molecule has 0 aliphatic carbocycles. The SMILES string of the molecule is COc1cc(OC)nc(Cc2nsc([Si](C)(C)C)c2C(=O)Nc2ccccc2)n1. The predicted molar refractivity (Wildman–Crippen MR) is 117 cm³/mol. The largest absolute Gasteiger partial charge is 0.481 e. The second-order valence-corrected chi connectivity index (χ2v) is 13.6. The molecule has 1 amide bonds. The Hall–Kier alpha value is -2.78. The quantitative estimate of drug-likeness (QED) is 0.581. The van der Waals surface area contributed by atoms with Gasteiger partial charge in [-0.15, -0.1) is 0 Å². The molecule has 152 valence electrons. The standard InChI is InChI=1S/C20H24N4O3SSi/c1-26-16-12-17(27-2)23-15(22-16)11-14-18(20(28-24-14)29(3,4)5)19(25)21-13-9-7-6-8-10-13/h6-10,12H,11H2,1-5H3,(H,21,25). The summed E-state index contributed by atoms with van der Waals surface area (Å²) in [6, 6.07) is 11.0. The first-order valence-electron chi connectivity index (χ1n) is 9.13. The van der Waals surface area contributed by atoms with E-state index in [2.05, 4.69) is 39.3 Å². The van der Waals surface area contributed by atoms with Gasteiger partial charge in [0.2, 0.25) is 11.8 Å². The Kier molecular flexibility index (Phi) is 6.29. The summed E-state index contributed by atoms with van der Waals surface area (Å²) < 4.78 is 16.1. The highest BCUT2D eigenvalue weighted by atomic mass is 32.1. The number of rotatable bonds is 7. The molecule has 1 N–H and O–H groups in total. The fourth-order valence-corrected chi connectivity index (χ4v) is 5.69. The van der Waals surface area contributed by atoms with Crippen molar-refractivity contribution in [3.8, 4) is 11.8 Å². The molecule has 2 aromatic heterocycles. The van der Waals surface area contributed by atoms with Crippen molar-refractivity contribution in [2.24, 2.45) is 0 Å². The van der Waals surface area contributed by atoms with Crippen molar-refractivity contribution in [3.05, 3.63) is 53.5 Å². The van der Waals surface area contributed by atoms with E-state index >= 15 is 0 Å². The van der Waals surface area contributed by atoms with Crippen molar-refractivity contribution in [1.82, 2.24) is 14.3 Å². The van der Waals surface area contributed by atoms with Gasteiger partial charge >= 0.3 is 0 Å². The Labute approximate surface area is 175 Å². The summed E-state index contributed by atoms with van der Waals surface area (Å²) in [4.78, 5) is 22.0. The molecule has 3 rings (SSSR count). The average Bonchev–Trinajstić information content (AvgIpc) is 3.12. The van der Waals surface area contributed by atoms with Gasteiger partial charge in [-0.05, 0) is 23.7 Å². The third-order valence-corrected chi connectivity index (χ3v) is 8.59. The van der Waals surface area contributed by atoms with Crippen molar-refractivity contribution in [2.45, 2.75) is 26.1 Å². The fourth-order valence-electron chi connectivity index (χ4n) is 2.79. The number of aromatic nitrogens is 3. The first-order chi connectivity index (χ1) is 13.8. The van der Waals surface area contributed by atoms with E-state index in [9.17, 15) is 4.79 Å². The van der Waals surface area contributed by atoms with Crippen LogP contribution in [0.15, 0.2) is 36.4 Å². The minimum Gasteiger partial charge on any atom is -0.481 e. The molecule has 0 saturated carbocycles. The molecule has 3 aromatic rings. The fraction of sp³-hybridized carbons (Fsp3) is 0.300. The Morgan fingerprint density at radius 3 is 2.24 bits per heavy atom. The summed E-state index contributed by atoms with van der Waals surface area (Å²) in [7, 11) is 1.29. The van der Waals surface area contributed by atoms with Crippen molar-refractivity contribution in [1.29, 1.82) is 0 Å². The molecule has 0 bridgehead atoms. The lowest BCUT2D eigenvalue weighted by Crippen LogP contribution is -2.40. The molecule has 0 aliphatic heterocycles. The minimum atomic E-state index is -1.78. The molecule has 0 radical (unpaired) electrons. The maximum absolute atomic E-state index is 13.2. The lowest BCUT2D eigenvalue weighted by molar-refractivity contribution is 0.102. The van der Waals surface area contributed by atoms with Crippen LogP contribution in [0.4, 0.5) is 5.69 Å². The van der Waals surface area contributed by atoms with Crippen LogP contribution in [0.5, 0.6) is 11.8 Å². The van der Waals surface area contributed by atoms with Gasteiger partial charge in [-0.3, -0.25) is 4.79 Å². The molecule has 29 heavy (non-hydrogen) atoms. The molecule has 0 unspecified atom stereocenters. The third-order valence-electron chi connectivity index (χ3n) is 4.17. The zero-order chi connectivity index (χ0) is 21.0. The lowest BCUT2D eigenvalue weighted by Gasteiger charge is -2.16. The summed E-state index contributed by atoms with van der Waals surface area (Å²) in [5.74, 6) is 1.14. The number of hydrogen-bond donors (Lipinski definition) is 1. The van der Waals surface area contributed by atoms with Crippen LogP contribution >= 0.6 is 11.5 Å². The van der Waals surface area contributed by atoms with Gasteiger partial charge in [-0.25, -0.2) is 0 Å². The van der Waals surface area contributed by atoms with Crippen LogP contribution in [0, 0.1) is 0 Å². The van der Waals surface area contributed by atoms with Gasteiger partial charge in [0, 0.05) is 10.2 Å². The summed E-state index contributed by atoms with van der Waals surface area (Å²) in [6.07, 6.45) is 0.312.